The average Bonchev–Trinajstić information content (AvgIpc) is 2.39. The van der Waals surface area contributed by atoms with Gasteiger partial charge in [-0.2, -0.15) is 11.8 Å². The lowest BCUT2D eigenvalue weighted by atomic mass is 9.69. The van der Waals surface area contributed by atoms with Gasteiger partial charge in [0.1, 0.15) is 0 Å². The van der Waals surface area contributed by atoms with Gasteiger partial charge in [-0.15, -0.1) is 0 Å². The van der Waals surface area contributed by atoms with Gasteiger partial charge in [-0.25, -0.2) is 0 Å². The molecule has 0 heterocycles. The van der Waals surface area contributed by atoms with Crippen molar-refractivity contribution in [3.8, 4) is 0 Å². The Balaban J connectivity index is 2.43. The van der Waals surface area contributed by atoms with Crippen molar-refractivity contribution in [1.29, 1.82) is 0 Å². The molecule has 3 nitrogen and oxygen atoms in total. The lowest BCUT2D eigenvalue weighted by Crippen LogP contribution is -2.45. The molecule has 1 aliphatic rings. The molecule has 0 aromatic heterocycles. The van der Waals surface area contributed by atoms with Crippen LogP contribution in [0, 0.1) is 17.3 Å². The van der Waals surface area contributed by atoms with Crippen LogP contribution in [0.2, 0.25) is 0 Å². The molecule has 4 heteroatoms. The summed E-state index contributed by atoms with van der Waals surface area (Å²) in [7, 11) is 0. The highest BCUT2D eigenvalue weighted by Crippen LogP contribution is 2.39. The molecule has 1 rings (SSSR count). The molecule has 0 radical (unpaired) electrons. The van der Waals surface area contributed by atoms with Gasteiger partial charge in [-0.05, 0) is 50.2 Å². The minimum atomic E-state index is 0.0304. The van der Waals surface area contributed by atoms with Crippen LogP contribution in [0.4, 0.5) is 0 Å². The number of aliphatic hydroxyl groups is 1. The Hall–Kier alpha value is -0.220. The first kappa shape index (κ1) is 17.8. The minimum absolute atomic E-state index is 0.0304. The highest BCUT2D eigenvalue weighted by molar-refractivity contribution is 7.99. The van der Waals surface area contributed by atoms with Crippen LogP contribution in [0.3, 0.4) is 0 Å². The molecule has 0 aliphatic heterocycles. The zero-order chi connectivity index (χ0) is 15.3. The van der Waals surface area contributed by atoms with E-state index in [-0.39, 0.29) is 29.7 Å². The van der Waals surface area contributed by atoms with Gasteiger partial charge < -0.3 is 10.4 Å². The molecular weight excluding hydrogens is 270 g/mol. The number of amides is 1. The van der Waals surface area contributed by atoms with E-state index >= 15 is 0 Å². The molecule has 1 fully saturated rings. The fourth-order valence-electron chi connectivity index (χ4n) is 3.09. The number of hydrogen-bond acceptors (Lipinski definition) is 3. The third kappa shape index (κ3) is 4.96. The van der Waals surface area contributed by atoms with E-state index in [0.717, 1.165) is 31.6 Å². The third-order valence-corrected chi connectivity index (χ3v) is 5.90. The number of thioether (sulfide) groups is 1. The van der Waals surface area contributed by atoms with Gasteiger partial charge in [-0.1, -0.05) is 20.8 Å². The van der Waals surface area contributed by atoms with E-state index in [1.165, 1.54) is 0 Å². The third-order valence-electron chi connectivity index (χ3n) is 4.73. The fourth-order valence-corrected chi connectivity index (χ4v) is 3.72. The summed E-state index contributed by atoms with van der Waals surface area (Å²) in [6.07, 6.45) is 6.29. The normalized spacial score (nSPS) is 26.9. The van der Waals surface area contributed by atoms with E-state index in [0.29, 0.717) is 5.41 Å². The maximum Gasteiger partial charge on any atom is 0.223 e. The first-order chi connectivity index (χ1) is 9.29. The Bertz CT molecular complexity index is 302. The highest BCUT2D eigenvalue weighted by atomic mass is 32.2. The van der Waals surface area contributed by atoms with Gasteiger partial charge in [0.15, 0.2) is 0 Å². The zero-order valence-corrected chi connectivity index (χ0v) is 14.4. The summed E-state index contributed by atoms with van der Waals surface area (Å²) >= 11 is 1.61. The fraction of sp³-hybridized carbons (Fsp3) is 0.938. The predicted molar refractivity (Wildman–Crippen MR) is 86.9 cm³/mol. The molecule has 118 valence electrons. The van der Waals surface area contributed by atoms with Crippen LogP contribution >= 0.6 is 11.8 Å². The summed E-state index contributed by atoms with van der Waals surface area (Å²) in [5.74, 6) is 1.08. The molecule has 2 atom stereocenters. The monoisotopic (exact) mass is 301 g/mol. The maximum atomic E-state index is 12.3. The zero-order valence-electron chi connectivity index (χ0n) is 13.6. The molecule has 0 aromatic rings. The smallest absolute Gasteiger partial charge is 0.223 e. The Morgan fingerprint density at radius 3 is 2.25 bits per heavy atom. The van der Waals surface area contributed by atoms with Crippen LogP contribution in [0.15, 0.2) is 0 Å². The van der Waals surface area contributed by atoms with E-state index in [2.05, 4.69) is 26.1 Å². The van der Waals surface area contributed by atoms with E-state index in [1.807, 2.05) is 13.2 Å². The molecule has 2 unspecified atom stereocenters. The SMILES string of the molecule is CSC(CO)C(C)NC(=O)C1CCC(C(C)(C)C)CC1. The van der Waals surface area contributed by atoms with Crippen molar-refractivity contribution in [3.05, 3.63) is 0 Å². The van der Waals surface area contributed by atoms with Crippen molar-refractivity contribution in [3.63, 3.8) is 0 Å². The number of rotatable bonds is 5. The van der Waals surface area contributed by atoms with Crippen LogP contribution in [-0.4, -0.2) is 35.2 Å². The number of carbonyl (C=O) groups excluding carboxylic acids is 1. The van der Waals surface area contributed by atoms with Gasteiger partial charge in [0.2, 0.25) is 5.91 Å². The van der Waals surface area contributed by atoms with Crippen molar-refractivity contribution in [2.75, 3.05) is 12.9 Å². The number of carbonyl (C=O) groups is 1. The molecule has 1 amide bonds. The summed E-state index contributed by atoms with van der Waals surface area (Å²) in [4.78, 5) is 12.3. The Morgan fingerprint density at radius 1 is 1.30 bits per heavy atom. The van der Waals surface area contributed by atoms with Gasteiger partial charge in [0.25, 0.3) is 0 Å². The van der Waals surface area contributed by atoms with Crippen LogP contribution in [0.25, 0.3) is 0 Å². The topological polar surface area (TPSA) is 49.3 Å². The number of hydrogen-bond donors (Lipinski definition) is 2. The lowest BCUT2D eigenvalue weighted by molar-refractivity contribution is -0.127. The van der Waals surface area contributed by atoms with Crippen molar-refractivity contribution in [2.45, 2.75) is 64.7 Å². The Kier molecular flexibility index (Phi) is 6.86. The summed E-state index contributed by atoms with van der Waals surface area (Å²) < 4.78 is 0. The summed E-state index contributed by atoms with van der Waals surface area (Å²) in [5.41, 5.74) is 0.357. The Labute approximate surface area is 128 Å². The molecule has 0 spiro atoms. The lowest BCUT2D eigenvalue weighted by Gasteiger charge is -2.37. The number of nitrogens with one attached hydrogen (secondary N) is 1. The largest absolute Gasteiger partial charge is 0.395 e. The molecule has 1 aliphatic carbocycles. The molecule has 20 heavy (non-hydrogen) atoms. The van der Waals surface area contributed by atoms with E-state index in [1.54, 1.807) is 11.8 Å². The molecule has 0 bridgehead atoms. The van der Waals surface area contributed by atoms with Gasteiger partial charge in [-0.3, -0.25) is 4.79 Å². The summed E-state index contributed by atoms with van der Waals surface area (Å²) in [6, 6.07) is 0.0304. The van der Waals surface area contributed by atoms with Crippen LogP contribution < -0.4 is 5.32 Å². The highest BCUT2D eigenvalue weighted by Gasteiger charge is 2.33. The van der Waals surface area contributed by atoms with Crippen LogP contribution in [0.5, 0.6) is 0 Å². The second-order valence-electron chi connectivity index (χ2n) is 7.17. The molecule has 2 N–H and O–H groups in total. The summed E-state index contributed by atoms with van der Waals surface area (Å²) in [6.45, 7) is 8.98. The van der Waals surface area contributed by atoms with Gasteiger partial charge in [0, 0.05) is 17.2 Å². The quantitative estimate of drug-likeness (QED) is 0.820. The summed E-state index contributed by atoms with van der Waals surface area (Å²) in [5, 5.41) is 12.4. The second kappa shape index (κ2) is 7.69. The predicted octanol–water partition coefficient (Wildman–Crippen LogP) is 3.07. The molecular formula is C16H31NO2S. The second-order valence-corrected chi connectivity index (χ2v) is 8.25. The molecule has 0 aromatic carbocycles. The number of aliphatic hydroxyl groups excluding tert-OH is 1. The first-order valence-corrected chi connectivity index (χ1v) is 9.02. The van der Waals surface area contributed by atoms with Crippen LogP contribution in [-0.2, 0) is 4.79 Å². The van der Waals surface area contributed by atoms with E-state index in [9.17, 15) is 9.90 Å². The van der Waals surface area contributed by atoms with E-state index < -0.39 is 0 Å². The van der Waals surface area contributed by atoms with Crippen molar-refractivity contribution in [1.82, 2.24) is 5.32 Å². The van der Waals surface area contributed by atoms with Crippen molar-refractivity contribution < 1.29 is 9.90 Å². The first-order valence-electron chi connectivity index (χ1n) is 7.73. The molecule has 1 saturated carbocycles. The molecule has 0 saturated heterocycles. The Morgan fingerprint density at radius 2 is 1.85 bits per heavy atom. The average molecular weight is 301 g/mol. The minimum Gasteiger partial charge on any atom is -0.395 e. The van der Waals surface area contributed by atoms with Crippen LogP contribution in [0.1, 0.15) is 53.4 Å². The van der Waals surface area contributed by atoms with Gasteiger partial charge >= 0.3 is 0 Å². The van der Waals surface area contributed by atoms with Gasteiger partial charge in [0.05, 0.1) is 6.61 Å². The standard InChI is InChI=1S/C16H31NO2S/c1-11(14(10-18)20-5)17-15(19)12-6-8-13(9-7-12)16(2,3)4/h11-14,18H,6-10H2,1-5H3,(H,17,19). The van der Waals surface area contributed by atoms with Crippen molar-refractivity contribution in [2.24, 2.45) is 17.3 Å². The van der Waals surface area contributed by atoms with Crippen molar-refractivity contribution >= 4 is 17.7 Å². The van der Waals surface area contributed by atoms with E-state index in [4.69, 9.17) is 0 Å². The maximum absolute atomic E-state index is 12.3.